The number of amides is 4. The zero-order valence-electron chi connectivity index (χ0n) is 28.7. The number of halogens is 7. The van der Waals surface area contributed by atoms with Crippen molar-refractivity contribution in [1.29, 1.82) is 0 Å². The quantitative estimate of drug-likeness (QED) is 0.0481. The summed E-state index contributed by atoms with van der Waals surface area (Å²) in [6, 6.07) is 21.7. The van der Waals surface area contributed by atoms with Crippen molar-refractivity contribution in [2.24, 2.45) is 17.8 Å². The van der Waals surface area contributed by atoms with Crippen LogP contribution in [0, 0.1) is 46.8 Å². The lowest BCUT2D eigenvalue weighted by molar-refractivity contribution is -0.125. The van der Waals surface area contributed by atoms with Gasteiger partial charge in [0.15, 0.2) is 33.0 Å². The molecule has 2 heterocycles. The van der Waals surface area contributed by atoms with Crippen molar-refractivity contribution in [2.45, 2.75) is 28.5 Å². The van der Waals surface area contributed by atoms with Gasteiger partial charge < -0.3 is 15.2 Å². The number of benzene rings is 4. The number of ether oxygens (including phenoxy) is 1. The molecule has 288 valence electrons. The third kappa shape index (κ3) is 5.36. The Morgan fingerprint density at radius 2 is 1.34 bits per heavy atom. The first-order valence-corrected chi connectivity index (χ1v) is 18.1. The van der Waals surface area contributed by atoms with Crippen molar-refractivity contribution >= 4 is 69.6 Å². The number of carbonyl (C=O) groups excluding carboxylic acids is 4. The number of hydrogen-bond donors (Lipinski definition) is 2. The van der Waals surface area contributed by atoms with Gasteiger partial charge in [0, 0.05) is 17.3 Å². The second kappa shape index (κ2) is 13.7. The third-order valence-electron chi connectivity index (χ3n) is 11.0. The number of nitrogens with one attached hydrogen (secondary N) is 1. The number of aliphatic hydroxyl groups is 1. The van der Waals surface area contributed by atoms with Gasteiger partial charge in [0.05, 0.1) is 24.1 Å². The molecule has 0 bridgehead atoms. The average molecular weight is 813 g/mol. The molecule has 2 saturated heterocycles. The van der Waals surface area contributed by atoms with Crippen LogP contribution in [-0.2, 0) is 19.2 Å². The summed E-state index contributed by atoms with van der Waals surface area (Å²) in [6.45, 7) is -0.365. The van der Waals surface area contributed by atoms with Gasteiger partial charge in [-0.05, 0) is 72.9 Å². The van der Waals surface area contributed by atoms with Crippen LogP contribution in [0.1, 0.15) is 24.3 Å². The Morgan fingerprint density at radius 1 is 0.732 bits per heavy atom. The lowest BCUT2D eigenvalue weighted by Gasteiger charge is -2.50. The smallest absolute Gasteiger partial charge is 0.258 e. The fourth-order valence-corrected chi connectivity index (χ4v) is 9.43. The van der Waals surface area contributed by atoms with Crippen LogP contribution in [0.4, 0.5) is 44.7 Å². The highest BCUT2D eigenvalue weighted by molar-refractivity contribution is 6.58. The van der Waals surface area contributed by atoms with Crippen molar-refractivity contribution in [3.63, 3.8) is 0 Å². The van der Waals surface area contributed by atoms with E-state index in [4.69, 9.17) is 27.9 Å². The Labute approximate surface area is 325 Å². The molecular formula is C40H28Cl2F5N3O6. The second-order valence-electron chi connectivity index (χ2n) is 13.9. The van der Waals surface area contributed by atoms with Gasteiger partial charge in [-0.1, -0.05) is 42.0 Å². The minimum Gasteiger partial charge on any atom is -0.491 e. The zero-order valence-corrected chi connectivity index (χ0v) is 30.3. The Kier molecular flexibility index (Phi) is 9.21. The first kappa shape index (κ1) is 37.6. The molecule has 1 saturated carbocycles. The molecule has 4 aliphatic rings. The molecule has 6 unspecified atom stereocenters. The van der Waals surface area contributed by atoms with Crippen molar-refractivity contribution in [2.75, 3.05) is 28.3 Å². The van der Waals surface area contributed by atoms with Gasteiger partial charge in [0.2, 0.25) is 17.6 Å². The van der Waals surface area contributed by atoms with Crippen LogP contribution in [0.5, 0.6) is 5.75 Å². The number of fused-ring (bicyclic) bond motifs is 4. The lowest BCUT2D eigenvalue weighted by atomic mass is 9.56. The van der Waals surface area contributed by atoms with Crippen LogP contribution in [-0.4, -0.2) is 51.7 Å². The average Bonchev–Trinajstić information content (AvgIpc) is 3.54. The maximum atomic E-state index is 15.3. The standard InChI is InChI=1S/C40H28Cl2F5N3O6/c41-39-18-26-24(14-15-25-27(26)36(53)49(35(25)52)22-10-8-21(9-11-22)48-20-4-2-1-3-5-20)28(19-6-12-23(13-7-19)56-17-16-51)40(39,42)38(55)50(37(39)54)34-32(46)30(44)29(43)31(45)33(34)47/h1-14,25-28,48,51H,15-18H2. The Bertz CT molecular complexity index is 2320. The predicted molar refractivity (Wildman–Crippen MR) is 194 cm³/mol. The highest BCUT2D eigenvalue weighted by Crippen LogP contribution is 2.66. The van der Waals surface area contributed by atoms with Crippen molar-refractivity contribution < 1.29 is 51.0 Å². The molecule has 0 aromatic heterocycles. The molecule has 0 spiro atoms. The SMILES string of the molecule is O=C1C2CC=C3C(CC4(Cl)C(=O)N(c5c(F)c(F)c(F)c(F)c5F)C(=O)C4(Cl)C3c3ccc(OCCO)cc3)C2C(=O)N1c1ccc(Nc2ccccc2)cc1. The molecule has 8 rings (SSSR count). The highest BCUT2D eigenvalue weighted by atomic mass is 35.5. The lowest BCUT2D eigenvalue weighted by Crippen LogP contribution is -2.60. The summed E-state index contributed by atoms with van der Waals surface area (Å²) in [6.07, 6.45) is 0.987. The number of carbonyl (C=O) groups is 4. The zero-order chi connectivity index (χ0) is 39.8. The number of aliphatic hydroxyl groups excluding tert-OH is 1. The fraction of sp³-hybridized carbons (Fsp3) is 0.250. The summed E-state index contributed by atoms with van der Waals surface area (Å²) in [7, 11) is 0. The van der Waals surface area contributed by atoms with E-state index in [0.717, 1.165) is 10.6 Å². The monoisotopic (exact) mass is 811 g/mol. The minimum atomic E-state index is -2.65. The molecule has 4 aromatic carbocycles. The normalized spacial score (nSPS) is 26.9. The second-order valence-corrected chi connectivity index (χ2v) is 15.1. The number of para-hydroxylation sites is 1. The van der Waals surface area contributed by atoms with Gasteiger partial charge in [-0.15, -0.1) is 23.2 Å². The summed E-state index contributed by atoms with van der Waals surface area (Å²) in [5.41, 5.74) is 0.418. The van der Waals surface area contributed by atoms with Gasteiger partial charge in [0.25, 0.3) is 11.8 Å². The molecule has 3 fully saturated rings. The summed E-state index contributed by atoms with van der Waals surface area (Å²) >= 11 is 14.4. The molecule has 16 heteroatoms. The fourth-order valence-electron chi connectivity index (χ4n) is 8.50. The van der Waals surface area contributed by atoms with Gasteiger partial charge in [-0.25, -0.2) is 26.9 Å². The van der Waals surface area contributed by atoms with E-state index in [0.29, 0.717) is 11.3 Å². The molecule has 4 amide bonds. The summed E-state index contributed by atoms with van der Waals surface area (Å²) in [4.78, 5) is 52.9. The molecule has 9 nitrogen and oxygen atoms in total. The number of nitrogens with zero attached hydrogens (tertiary/aromatic N) is 2. The topological polar surface area (TPSA) is 116 Å². The minimum absolute atomic E-state index is 0.00877. The molecule has 56 heavy (non-hydrogen) atoms. The molecule has 2 aliphatic carbocycles. The largest absolute Gasteiger partial charge is 0.491 e. The van der Waals surface area contributed by atoms with E-state index in [1.54, 1.807) is 30.3 Å². The summed E-state index contributed by atoms with van der Waals surface area (Å²) in [5, 5.41) is 12.4. The first-order valence-electron chi connectivity index (χ1n) is 17.4. The molecule has 2 aliphatic heterocycles. The summed E-state index contributed by atoms with van der Waals surface area (Å²) < 4.78 is 79.2. The van der Waals surface area contributed by atoms with Crippen molar-refractivity contribution in [1.82, 2.24) is 0 Å². The van der Waals surface area contributed by atoms with Crippen LogP contribution in [0.3, 0.4) is 0 Å². The number of rotatable bonds is 8. The molecule has 2 N–H and O–H groups in total. The van der Waals surface area contributed by atoms with E-state index in [9.17, 15) is 37.5 Å². The van der Waals surface area contributed by atoms with Crippen LogP contribution in [0.25, 0.3) is 0 Å². The Morgan fingerprint density at radius 3 is 1.96 bits per heavy atom. The van der Waals surface area contributed by atoms with E-state index >= 15 is 8.78 Å². The molecule has 6 atom stereocenters. The maximum absolute atomic E-state index is 15.3. The molecule has 4 aromatic rings. The number of allylic oxidation sites excluding steroid dienone is 2. The van der Waals surface area contributed by atoms with Crippen LogP contribution in [0.15, 0.2) is 90.5 Å². The van der Waals surface area contributed by atoms with E-state index in [-0.39, 0.29) is 41.5 Å². The Balaban J connectivity index is 1.22. The van der Waals surface area contributed by atoms with Gasteiger partial charge in [-0.3, -0.25) is 24.1 Å². The Hall–Kier alpha value is -5.31. The van der Waals surface area contributed by atoms with Crippen LogP contribution in [0.2, 0.25) is 0 Å². The van der Waals surface area contributed by atoms with Crippen LogP contribution >= 0.6 is 23.2 Å². The maximum Gasteiger partial charge on any atom is 0.258 e. The number of hydrogen-bond acceptors (Lipinski definition) is 7. The van der Waals surface area contributed by atoms with Crippen molar-refractivity contribution in [3.8, 4) is 5.75 Å². The number of imide groups is 2. The number of anilines is 4. The van der Waals surface area contributed by atoms with E-state index in [2.05, 4.69) is 5.32 Å². The number of alkyl halides is 2. The van der Waals surface area contributed by atoms with Crippen molar-refractivity contribution in [3.05, 3.63) is 125 Å². The van der Waals surface area contributed by atoms with Gasteiger partial charge in [0.1, 0.15) is 18.0 Å². The van der Waals surface area contributed by atoms with E-state index in [1.807, 2.05) is 30.3 Å². The van der Waals surface area contributed by atoms with Gasteiger partial charge in [-0.2, -0.15) is 0 Å². The molecular weight excluding hydrogens is 784 g/mol. The highest BCUT2D eigenvalue weighted by Gasteiger charge is 2.77. The predicted octanol–water partition coefficient (Wildman–Crippen LogP) is 7.26. The summed E-state index contributed by atoms with van der Waals surface area (Å²) in [5.74, 6) is -20.9. The van der Waals surface area contributed by atoms with E-state index < -0.39 is 98.2 Å². The van der Waals surface area contributed by atoms with Crippen LogP contribution < -0.4 is 19.9 Å². The third-order valence-corrected chi connectivity index (χ3v) is 12.4. The van der Waals surface area contributed by atoms with Gasteiger partial charge >= 0.3 is 0 Å². The molecule has 0 radical (unpaired) electrons. The van der Waals surface area contributed by atoms with E-state index in [1.165, 1.54) is 24.3 Å². The first-order chi connectivity index (χ1) is 26.7.